The van der Waals surface area contributed by atoms with Gasteiger partial charge in [0.25, 0.3) is 5.72 Å². The van der Waals surface area contributed by atoms with Crippen molar-refractivity contribution in [1.82, 2.24) is 5.01 Å². The number of alkyl halides is 3. The van der Waals surface area contributed by atoms with Crippen molar-refractivity contribution in [3.05, 3.63) is 0 Å². The molecule has 0 bridgehead atoms. The number of hydrogen-bond donors (Lipinski definition) is 1. The van der Waals surface area contributed by atoms with Crippen LogP contribution in [0.2, 0.25) is 0 Å². The van der Waals surface area contributed by atoms with Crippen LogP contribution in [0.1, 0.15) is 20.3 Å². The molecule has 0 aromatic carbocycles. The van der Waals surface area contributed by atoms with Crippen LogP contribution in [0.15, 0.2) is 5.10 Å². The van der Waals surface area contributed by atoms with E-state index in [0.29, 0.717) is 0 Å². The Kier molecular flexibility index (Phi) is 2.31. The van der Waals surface area contributed by atoms with E-state index in [2.05, 4.69) is 5.10 Å². The third kappa shape index (κ3) is 1.47. The van der Waals surface area contributed by atoms with Crippen molar-refractivity contribution in [2.24, 2.45) is 5.10 Å². The van der Waals surface area contributed by atoms with Gasteiger partial charge in [0.05, 0.1) is 0 Å². The molecule has 0 spiro atoms. The van der Waals surface area contributed by atoms with E-state index in [1.807, 2.05) is 0 Å². The molecule has 0 aliphatic carbocycles. The molecule has 1 aliphatic rings. The summed E-state index contributed by atoms with van der Waals surface area (Å²) >= 11 is 0. The Bertz CT molecular complexity index is 300. The molecule has 0 aromatic rings. The molecule has 7 heteroatoms. The van der Waals surface area contributed by atoms with E-state index in [4.69, 9.17) is 0 Å². The van der Waals surface area contributed by atoms with Crippen LogP contribution in [-0.4, -0.2) is 33.6 Å². The Morgan fingerprint density at radius 2 is 2.14 bits per heavy atom. The fourth-order valence-corrected chi connectivity index (χ4v) is 1.27. The van der Waals surface area contributed by atoms with Crippen LogP contribution < -0.4 is 0 Å². The second-order valence-electron chi connectivity index (χ2n) is 3.16. The molecule has 14 heavy (non-hydrogen) atoms. The highest BCUT2D eigenvalue weighted by Gasteiger charge is 2.62. The van der Waals surface area contributed by atoms with Gasteiger partial charge in [0, 0.05) is 19.1 Å². The van der Waals surface area contributed by atoms with Crippen molar-refractivity contribution < 1.29 is 23.1 Å². The van der Waals surface area contributed by atoms with Crippen molar-refractivity contribution in [3.63, 3.8) is 0 Å². The molecule has 1 heterocycles. The molecule has 1 amide bonds. The maximum Gasteiger partial charge on any atom is 0.438 e. The summed E-state index contributed by atoms with van der Waals surface area (Å²) in [5, 5.41) is 12.7. The summed E-state index contributed by atoms with van der Waals surface area (Å²) in [6.45, 7) is 2.23. The van der Waals surface area contributed by atoms with E-state index in [1.165, 1.54) is 6.92 Å². The Labute approximate surface area is 78.0 Å². The van der Waals surface area contributed by atoms with Crippen LogP contribution in [0.5, 0.6) is 0 Å². The van der Waals surface area contributed by atoms with E-state index in [9.17, 15) is 23.1 Å². The largest absolute Gasteiger partial charge is 0.438 e. The number of rotatable bonds is 0. The first-order valence-electron chi connectivity index (χ1n) is 3.82. The van der Waals surface area contributed by atoms with Crippen molar-refractivity contribution in [2.75, 3.05) is 0 Å². The molecule has 4 nitrogen and oxygen atoms in total. The summed E-state index contributed by atoms with van der Waals surface area (Å²) in [7, 11) is 0. The quantitative estimate of drug-likeness (QED) is 0.644. The van der Waals surface area contributed by atoms with Crippen molar-refractivity contribution in [3.8, 4) is 0 Å². The lowest BCUT2D eigenvalue weighted by Crippen LogP contribution is -2.56. The Balaban J connectivity index is 3.08. The number of carbonyl (C=O) groups excluding carboxylic acids is 1. The second-order valence-corrected chi connectivity index (χ2v) is 3.16. The molecule has 0 aromatic heterocycles. The zero-order valence-electron chi connectivity index (χ0n) is 7.59. The molecule has 0 unspecified atom stereocenters. The van der Waals surface area contributed by atoms with E-state index in [1.54, 1.807) is 0 Å². The summed E-state index contributed by atoms with van der Waals surface area (Å²) in [4.78, 5) is 10.8. The van der Waals surface area contributed by atoms with Crippen LogP contribution >= 0.6 is 0 Å². The number of carbonyl (C=O) groups is 1. The standard InChI is InChI=1S/C7H9F3N2O2/c1-4-3-6(14,7(8,9)10)12(11-4)5(2)13/h14H,3H2,1-2H3/t6-/m1/s1. The highest BCUT2D eigenvalue weighted by molar-refractivity contribution is 5.88. The number of hydrazone groups is 1. The average Bonchev–Trinajstić information content (AvgIpc) is 2.25. The topological polar surface area (TPSA) is 52.9 Å². The third-order valence-corrected chi connectivity index (χ3v) is 1.88. The Morgan fingerprint density at radius 1 is 1.64 bits per heavy atom. The van der Waals surface area contributed by atoms with Crippen LogP contribution in [0, 0.1) is 0 Å². The number of hydrogen-bond acceptors (Lipinski definition) is 3. The summed E-state index contributed by atoms with van der Waals surface area (Å²) < 4.78 is 37.2. The fraction of sp³-hybridized carbons (Fsp3) is 0.714. The van der Waals surface area contributed by atoms with Gasteiger partial charge in [0.1, 0.15) is 0 Å². The zero-order chi connectivity index (χ0) is 11.1. The smallest absolute Gasteiger partial charge is 0.362 e. The van der Waals surface area contributed by atoms with Gasteiger partial charge >= 0.3 is 6.18 Å². The van der Waals surface area contributed by atoms with Gasteiger partial charge in [-0.25, -0.2) is 0 Å². The molecule has 1 rings (SSSR count). The van der Waals surface area contributed by atoms with E-state index in [-0.39, 0.29) is 10.7 Å². The zero-order valence-corrected chi connectivity index (χ0v) is 7.59. The van der Waals surface area contributed by atoms with Gasteiger partial charge in [-0.3, -0.25) is 4.79 Å². The Morgan fingerprint density at radius 3 is 2.43 bits per heavy atom. The maximum atomic E-state index is 12.4. The van der Waals surface area contributed by atoms with Gasteiger partial charge in [-0.1, -0.05) is 0 Å². The van der Waals surface area contributed by atoms with Crippen molar-refractivity contribution in [2.45, 2.75) is 32.2 Å². The minimum absolute atomic E-state index is 0.0695. The molecule has 1 N–H and O–H groups in total. The number of amides is 1. The lowest BCUT2D eigenvalue weighted by Gasteiger charge is -2.31. The Hall–Kier alpha value is -1.11. The van der Waals surface area contributed by atoms with Crippen LogP contribution in [0.4, 0.5) is 13.2 Å². The van der Waals surface area contributed by atoms with Gasteiger partial charge < -0.3 is 5.11 Å². The van der Waals surface area contributed by atoms with Gasteiger partial charge in [-0.2, -0.15) is 23.3 Å². The average molecular weight is 210 g/mol. The number of halogens is 3. The van der Waals surface area contributed by atoms with Crippen molar-refractivity contribution >= 4 is 11.6 Å². The fourth-order valence-electron chi connectivity index (χ4n) is 1.27. The molecule has 1 aliphatic heterocycles. The van der Waals surface area contributed by atoms with Crippen LogP contribution in [-0.2, 0) is 4.79 Å². The number of nitrogens with zero attached hydrogens (tertiary/aromatic N) is 2. The van der Waals surface area contributed by atoms with Gasteiger partial charge in [-0.15, -0.1) is 0 Å². The monoisotopic (exact) mass is 210 g/mol. The maximum absolute atomic E-state index is 12.4. The van der Waals surface area contributed by atoms with Crippen LogP contribution in [0.25, 0.3) is 0 Å². The molecule has 80 valence electrons. The molecular weight excluding hydrogens is 201 g/mol. The predicted octanol–water partition coefficient (Wildman–Crippen LogP) is 0.865. The molecule has 1 atom stereocenters. The molecular formula is C7H9F3N2O2. The lowest BCUT2D eigenvalue weighted by atomic mass is 10.1. The van der Waals surface area contributed by atoms with Gasteiger partial charge in [0.2, 0.25) is 5.91 Å². The highest BCUT2D eigenvalue weighted by Crippen LogP contribution is 2.39. The summed E-state index contributed by atoms with van der Waals surface area (Å²) in [6, 6.07) is 0. The summed E-state index contributed by atoms with van der Waals surface area (Å²) in [5.41, 5.74) is -3.11. The lowest BCUT2D eigenvalue weighted by molar-refractivity contribution is -0.301. The molecule has 0 fully saturated rings. The van der Waals surface area contributed by atoms with Crippen molar-refractivity contribution in [1.29, 1.82) is 0 Å². The van der Waals surface area contributed by atoms with E-state index >= 15 is 0 Å². The van der Waals surface area contributed by atoms with Gasteiger partial charge in [0.15, 0.2) is 0 Å². The second kappa shape index (κ2) is 2.94. The van der Waals surface area contributed by atoms with E-state index < -0.39 is 24.2 Å². The first-order chi connectivity index (χ1) is 6.18. The summed E-state index contributed by atoms with van der Waals surface area (Å²) in [6.07, 6.45) is -5.60. The predicted molar refractivity (Wildman–Crippen MR) is 41.3 cm³/mol. The highest BCUT2D eigenvalue weighted by atomic mass is 19.4. The molecule has 0 saturated carbocycles. The normalized spacial score (nSPS) is 27.9. The third-order valence-electron chi connectivity index (χ3n) is 1.88. The minimum atomic E-state index is -4.90. The number of aliphatic hydroxyl groups is 1. The first-order valence-corrected chi connectivity index (χ1v) is 3.82. The SMILES string of the molecule is CC(=O)N1N=C(C)C[C@@]1(O)C(F)(F)F. The molecule has 0 saturated heterocycles. The minimum Gasteiger partial charge on any atom is -0.362 e. The first kappa shape index (κ1) is 11.0. The van der Waals surface area contributed by atoms with Gasteiger partial charge in [-0.05, 0) is 6.92 Å². The van der Waals surface area contributed by atoms with E-state index in [0.717, 1.165) is 6.92 Å². The van der Waals surface area contributed by atoms with Crippen LogP contribution in [0.3, 0.4) is 0 Å². The summed E-state index contributed by atoms with van der Waals surface area (Å²) in [5.74, 6) is -0.943. The molecule has 0 radical (unpaired) electrons.